The zero-order chi connectivity index (χ0) is 27.9. The van der Waals surface area contributed by atoms with E-state index in [-0.39, 0.29) is 6.10 Å². The highest BCUT2D eigenvalue weighted by Crippen LogP contribution is 2.59. The van der Waals surface area contributed by atoms with Crippen molar-refractivity contribution in [2.45, 2.75) is 70.0 Å². The molecule has 3 saturated heterocycles. The molecule has 3 aliphatic rings. The molecule has 1 unspecified atom stereocenters. The van der Waals surface area contributed by atoms with Crippen LogP contribution in [0, 0.1) is 6.92 Å². The molecule has 0 amide bonds. The van der Waals surface area contributed by atoms with E-state index in [0.29, 0.717) is 18.2 Å². The molecular formula is C29H36N3O6PSi. The molecule has 3 aliphatic heterocycles. The fourth-order valence-corrected chi connectivity index (χ4v) is 12.0. The SMILES string of the molecule is CCO[C@H]1C(O[P@]2O[C@@H](C[Si](C)(c3ccccc3)c3ccccc3)[C@H]3CCCN32)O[C@H]1n1cc(C)c(=O)[nH]c1=O. The number of fused-ring (bicyclic) bond motifs is 1. The second-order valence-electron chi connectivity index (χ2n) is 10.9. The Labute approximate surface area is 236 Å². The summed E-state index contributed by atoms with van der Waals surface area (Å²) in [4.78, 5) is 26.7. The van der Waals surface area contributed by atoms with Crippen molar-refractivity contribution in [1.29, 1.82) is 0 Å². The largest absolute Gasteiger partial charge is 0.368 e. The number of aryl methyl sites for hydroxylation is 1. The third kappa shape index (κ3) is 5.07. The van der Waals surface area contributed by atoms with Crippen LogP contribution in [0.3, 0.4) is 0 Å². The Bertz CT molecular complexity index is 1400. The van der Waals surface area contributed by atoms with Gasteiger partial charge in [-0.1, -0.05) is 77.6 Å². The number of ether oxygens (including phenoxy) is 2. The molecule has 0 bridgehead atoms. The van der Waals surface area contributed by atoms with Crippen LogP contribution in [-0.2, 0) is 18.5 Å². The monoisotopic (exact) mass is 581 g/mol. The third-order valence-corrected chi connectivity index (χ3v) is 14.6. The van der Waals surface area contributed by atoms with Gasteiger partial charge in [-0.05, 0) is 32.7 Å². The first-order valence-electron chi connectivity index (χ1n) is 14.0. The number of rotatable bonds is 9. The van der Waals surface area contributed by atoms with E-state index in [1.54, 1.807) is 6.92 Å². The van der Waals surface area contributed by atoms with Crippen LogP contribution in [-0.4, -0.2) is 60.0 Å². The molecule has 0 radical (unpaired) electrons. The highest BCUT2D eigenvalue weighted by molar-refractivity contribution is 7.45. The number of hydrogen-bond acceptors (Lipinski definition) is 7. The summed E-state index contributed by atoms with van der Waals surface area (Å²) in [6.07, 6.45) is 1.91. The minimum absolute atomic E-state index is 0.0524. The Balaban J connectivity index is 1.21. The van der Waals surface area contributed by atoms with Gasteiger partial charge in [0.1, 0.15) is 8.07 Å². The lowest BCUT2D eigenvalue weighted by Gasteiger charge is -2.44. The van der Waals surface area contributed by atoms with E-state index in [1.807, 2.05) is 6.92 Å². The van der Waals surface area contributed by atoms with E-state index in [4.69, 9.17) is 18.5 Å². The number of aromatic amines is 1. The number of nitrogens with zero attached hydrogens (tertiary/aromatic N) is 2. The van der Waals surface area contributed by atoms with Gasteiger partial charge in [0.15, 0.2) is 18.6 Å². The molecule has 3 fully saturated rings. The molecule has 9 nitrogen and oxygen atoms in total. The smallest absolute Gasteiger partial charge is 0.330 e. The molecule has 1 N–H and O–H groups in total. The summed E-state index contributed by atoms with van der Waals surface area (Å²) in [6.45, 7) is 7.36. The summed E-state index contributed by atoms with van der Waals surface area (Å²) in [6, 6.07) is 23.0. The van der Waals surface area contributed by atoms with Crippen molar-refractivity contribution in [3.63, 3.8) is 0 Å². The van der Waals surface area contributed by atoms with Crippen LogP contribution >= 0.6 is 8.53 Å². The summed E-state index contributed by atoms with van der Waals surface area (Å²) in [7, 11) is -3.46. The number of H-pyrrole nitrogens is 1. The van der Waals surface area contributed by atoms with Crippen LogP contribution < -0.4 is 21.6 Å². The Morgan fingerprint density at radius 2 is 1.75 bits per heavy atom. The van der Waals surface area contributed by atoms with Crippen LogP contribution in [0.5, 0.6) is 0 Å². The van der Waals surface area contributed by atoms with Gasteiger partial charge in [0.25, 0.3) is 14.1 Å². The quantitative estimate of drug-likeness (QED) is 0.307. The maximum Gasteiger partial charge on any atom is 0.330 e. The van der Waals surface area contributed by atoms with Crippen molar-refractivity contribution < 1.29 is 18.5 Å². The maximum atomic E-state index is 12.5. The van der Waals surface area contributed by atoms with E-state index in [1.165, 1.54) is 21.1 Å². The normalized spacial score (nSPS) is 28.4. The molecular weight excluding hydrogens is 545 g/mol. The average Bonchev–Trinajstić information content (AvgIpc) is 3.57. The first-order chi connectivity index (χ1) is 19.4. The van der Waals surface area contributed by atoms with Crippen LogP contribution in [0.1, 0.15) is 31.6 Å². The average molecular weight is 582 g/mol. The Morgan fingerprint density at radius 1 is 1.07 bits per heavy atom. The third-order valence-electron chi connectivity index (χ3n) is 8.36. The molecule has 0 spiro atoms. The van der Waals surface area contributed by atoms with Crippen LogP contribution in [0.15, 0.2) is 76.4 Å². The van der Waals surface area contributed by atoms with Gasteiger partial charge < -0.3 is 14.0 Å². The first-order valence-corrected chi connectivity index (χ1v) is 17.8. The zero-order valence-electron chi connectivity index (χ0n) is 23.1. The fourth-order valence-electron chi connectivity index (χ4n) is 6.14. The van der Waals surface area contributed by atoms with Crippen LogP contribution in [0.4, 0.5) is 0 Å². The second-order valence-corrected chi connectivity index (χ2v) is 16.6. The molecule has 3 aromatic rings. The topological polar surface area (TPSA) is 95.0 Å². The second kappa shape index (κ2) is 11.4. The fraction of sp³-hybridized carbons (Fsp3) is 0.448. The maximum absolute atomic E-state index is 12.5. The molecule has 0 saturated carbocycles. The minimum atomic E-state index is -2.11. The lowest BCUT2D eigenvalue weighted by Crippen LogP contribution is -2.58. The molecule has 4 heterocycles. The number of benzene rings is 2. The molecule has 2 aromatic carbocycles. The minimum Gasteiger partial charge on any atom is -0.368 e. The van der Waals surface area contributed by atoms with Gasteiger partial charge in [0.05, 0.1) is 6.10 Å². The van der Waals surface area contributed by atoms with Crippen molar-refractivity contribution in [2.75, 3.05) is 13.2 Å². The van der Waals surface area contributed by atoms with Crippen molar-refractivity contribution in [3.05, 3.63) is 93.3 Å². The predicted molar refractivity (Wildman–Crippen MR) is 157 cm³/mol. The zero-order valence-corrected chi connectivity index (χ0v) is 25.0. The Hall–Kier alpha value is -2.43. The van der Waals surface area contributed by atoms with Gasteiger partial charge >= 0.3 is 5.69 Å². The van der Waals surface area contributed by atoms with Gasteiger partial charge in [0.2, 0.25) is 0 Å². The molecule has 1 aromatic heterocycles. The first kappa shape index (κ1) is 27.7. The lowest BCUT2D eigenvalue weighted by molar-refractivity contribution is -0.334. The molecule has 212 valence electrons. The highest BCUT2D eigenvalue weighted by atomic mass is 31.2. The Morgan fingerprint density at radius 3 is 2.40 bits per heavy atom. The molecule has 6 rings (SSSR count). The van der Waals surface area contributed by atoms with E-state index in [9.17, 15) is 9.59 Å². The highest BCUT2D eigenvalue weighted by Gasteiger charge is 2.54. The Kier molecular flexibility index (Phi) is 7.93. The van der Waals surface area contributed by atoms with Gasteiger partial charge in [-0.25, -0.2) is 9.46 Å². The molecule has 40 heavy (non-hydrogen) atoms. The van der Waals surface area contributed by atoms with Crippen molar-refractivity contribution in [3.8, 4) is 0 Å². The summed E-state index contributed by atoms with van der Waals surface area (Å²) in [5, 5.41) is 2.80. The standard InChI is InChI=1S/C29H36N3O6PSi/c1-4-35-25-27(31-18-20(2)26(33)30-29(31)34)36-28(25)38-39-32-17-11-16-23(32)24(37-39)19-40(3,21-12-7-5-8-13-21)22-14-9-6-10-15-22/h5-10,12-15,18,23-25,27-28H,4,11,16-17,19H2,1-3H3,(H,30,33,34)/t23-,24+,25-,27-,28?,39+/m1/s1. The van der Waals surface area contributed by atoms with Crippen molar-refractivity contribution in [1.82, 2.24) is 14.2 Å². The van der Waals surface area contributed by atoms with Crippen LogP contribution in [0.2, 0.25) is 12.6 Å². The molecule has 11 heteroatoms. The van der Waals surface area contributed by atoms with E-state index >= 15 is 0 Å². The van der Waals surface area contributed by atoms with Crippen molar-refractivity contribution >= 4 is 27.0 Å². The van der Waals surface area contributed by atoms with E-state index < -0.39 is 46.5 Å². The number of aromatic nitrogens is 2. The predicted octanol–water partition coefficient (Wildman–Crippen LogP) is 3.10. The van der Waals surface area contributed by atoms with Gasteiger partial charge in [-0.3, -0.25) is 18.9 Å². The van der Waals surface area contributed by atoms with E-state index in [0.717, 1.165) is 25.4 Å². The summed E-state index contributed by atoms with van der Waals surface area (Å²) in [5.74, 6) is 0. The number of nitrogens with one attached hydrogen (secondary N) is 1. The van der Waals surface area contributed by atoms with E-state index in [2.05, 4.69) is 76.9 Å². The summed E-state index contributed by atoms with van der Waals surface area (Å²) >= 11 is 0. The van der Waals surface area contributed by atoms with Gasteiger partial charge in [0, 0.05) is 31.0 Å². The van der Waals surface area contributed by atoms with Crippen LogP contribution in [0.25, 0.3) is 0 Å². The molecule has 0 aliphatic carbocycles. The van der Waals surface area contributed by atoms with Crippen molar-refractivity contribution in [2.24, 2.45) is 0 Å². The number of hydrogen-bond donors (Lipinski definition) is 1. The van der Waals surface area contributed by atoms with Gasteiger partial charge in [-0.2, -0.15) is 0 Å². The lowest BCUT2D eigenvalue weighted by atomic mass is 10.1. The summed E-state index contributed by atoms with van der Waals surface area (Å²) in [5.41, 5.74) is -0.507. The van der Waals surface area contributed by atoms with Gasteiger partial charge in [-0.15, -0.1) is 0 Å². The summed E-state index contributed by atoms with van der Waals surface area (Å²) < 4.78 is 29.0. The molecule has 6 atom stereocenters.